The molecule has 2 aromatic rings. The molecule has 0 saturated heterocycles. The van der Waals surface area contributed by atoms with Crippen LogP contribution >= 0.6 is 12.4 Å². The summed E-state index contributed by atoms with van der Waals surface area (Å²) in [6.07, 6.45) is 0.998. The lowest BCUT2D eigenvalue weighted by Crippen LogP contribution is -2.37. The maximum atomic E-state index is 13.1. The zero-order valence-electron chi connectivity index (χ0n) is 15.1. The van der Waals surface area contributed by atoms with Gasteiger partial charge in [-0.3, -0.25) is 10.1 Å². The van der Waals surface area contributed by atoms with Crippen LogP contribution in [0.25, 0.3) is 0 Å². The molecule has 7 nitrogen and oxygen atoms in total. The summed E-state index contributed by atoms with van der Waals surface area (Å²) in [4.78, 5) is 10.5. The average Bonchev–Trinajstić information content (AvgIpc) is 2.65. The van der Waals surface area contributed by atoms with Crippen LogP contribution in [0.15, 0.2) is 53.4 Å². The van der Waals surface area contributed by atoms with E-state index in [4.69, 9.17) is 5.73 Å². The Morgan fingerprint density at radius 1 is 1.11 bits per heavy atom. The average molecular weight is 414 g/mol. The number of nitrogens with zero attached hydrogens (tertiary/aromatic N) is 2. The van der Waals surface area contributed by atoms with Crippen LogP contribution in [0.3, 0.4) is 0 Å². The van der Waals surface area contributed by atoms with Crippen LogP contribution in [0.4, 0.5) is 5.69 Å². The molecule has 0 aliphatic rings. The summed E-state index contributed by atoms with van der Waals surface area (Å²) in [6.45, 7) is 2.40. The molecule has 0 aliphatic carbocycles. The fraction of sp³-hybridized carbons (Fsp3) is 0.333. The summed E-state index contributed by atoms with van der Waals surface area (Å²) >= 11 is 0. The summed E-state index contributed by atoms with van der Waals surface area (Å²) in [5.74, 6) is 0. The Morgan fingerprint density at radius 3 is 2.33 bits per heavy atom. The Bertz CT molecular complexity index is 860. The van der Waals surface area contributed by atoms with Gasteiger partial charge in [-0.2, -0.15) is 4.31 Å². The number of aryl methyl sites for hydroxylation is 1. The lowest BCUT2D eigenvalue weighted by Gasteiger charge is -2.23. The van der Waals surface area contributed by atoms with Crippen LogP contribution in [0.2, 0.25) is 0 Å². The second-order valence-corrected chi connectivity index (χ2v) is 7.74. The molecule has 2 aromatic carbocycles. The third-order valence-corrected chi connectivity index (χ3v) is 6.11. The van der Waals surface area contributed by atoms with Crippen molar-refractivity contribution < 1.29 is 13.3 Å². The first-order valence-electron chi connectivity index (χ1n) is 8.41. The van der Waals surface area contributed by atoms with Gasteiger partial charge in [0.05, 0.1) is 9.82 Å². The first kappa shape index (κ1) is 23.0. The quantitative estimate of drug-likeness (QED) is 0.502. The lowest BCUT2D eigenvalue weighted by atomic mass is 10.1. The fourth-order valence-electron chi connectivity index (χ4n) is 2.72. The molecule has 148 valence electrons. The summed E-state index contributed by atoms with van der Waals surface area (Å²) in [5.41, 5.74) is 6.93. The Kier molecular flexibility index (Phi) is 8.84. The van der Waals surface area contributed by atoms with E-state index in [0.717, 1.165) is 11.6 Å². The first-order chi connectivity index (χ1) is 12.4. The molecular weight excluding hydrogens is 390 g/mol. The SMILES string of the molecule is CCc1ccc([N+](=O)[O-])cc1S(=O)(=O)N(CCN)CCc1ccccc1.Cl. The molecule has 0 radical (unpaired) electrons. The van der Waals surface area contributed by atoms with Crippen molar-refractivity contribution in [2.75, 3.05) is 19.6 Å². The van der Waals surface area contributed by atoms with Crippen molar-refractivity contribution in [3.8, 4) is 0 Å². The number of hydrogen-bond acceptors (Lipinski definition) is 5. The van der Waals surface area contributed by atoms with E-state index in [-0.39, 0.29) is 42.6 Å². The van der Waals surface area contributed by atoms with Gasteiger partial charge in [0.25, 0.3) is 5.69 Å². The van der Waals surface area contributed by atoms with Gasteiger partial charge in [0.1, 0.15) is 0 Å². The van der Waals surface area contributed by atoms with Gasteiger partial charge in [-0.25, -0.2) is 8.42 Å². The van der Waals surface area contributed by atoms with E-state index in [1.807, 2.05) is 37.3 Å². The van der Waals surface area contributed by atoms with E-state index in [1.54, 1.807) is 0 Å². The van der Waals surface area contributed by atoms with Gasteiger partial charge < -0.3 is 5.73 Å². The Labute approximate surface area is 165 Å². The molecule has 0 saturated carbocycles. The predicted molar refractivity (Wildman–Crippen MR) is 108 cm³/mol. The normalized spacial score (nSPS) is 11.2. The number of hydrogen-bond donors (Lipinski definition) is 1. The number of halogens is 1. The molecular formula is C18H24ClN3O4S. The van der Waals surface area contributed by atoms with Gasteiger partial charge in [-0.1, -0.05) is 43.3 Å². The molecule has 2 N–H and O–H groups in total. The van der Waals surface area contributed by atoms with Crippen LogP contribution in [-0.4, -0.2) is 37.3 Å². The maximum absolute atomic E-state index is 13.1. The molecule has 0 aromatic heterocycles. The van der Waals surface area contributed by atoms with Gasteiger partial charge in [-0.15, -0.1) is 12.4 Å². The van der Waals surface area contributed by atoms with E-state index >= 15 is 0 Å². The summed E-state index contributed by atoms with van der Waals surface area (Å²) in [7, 11) is -3.88. The molecule has 0 unspecified atom stereocenters. The largest absolute Gasteiger partial charge is 0.329 e. The second kappa shape index (κ2) is 10.4. The van der Waals surface area contributed by atoms with E-state index in [1.165, 1.54) is 16.4 Å². The minimum absolute atomic E-state index is 0. The standard InChI is InChI=1S/C18H23N3O4S.ClH/c1-2-16-8-9-17(21(22)23)14-18(16)26(24,25)20(13-11-19)12-10-15-6-4-3-5-7-15;/h3-9,14H,2,10-13,19H2,1H3;1H. The van der Waals surface area contributed by atoms with Gasteiger partial charge in [0.15, 0.2) is 0 Å². The second-order valence-electron chi connectivity index (χ2n) is 5.83. The minimum Gasteiger partial charge on any atom is -0.329 e. The van der Waals surface area contributed by atoms with E-state index < -0.39 is 14.9 Å². The Balaban J connectivity index is 0.00000364. The third kappa shape index (κ3) is 5.74. The molecule has 0 atom stereocenters. The van der Waals surface area contributed by atoms with Crippen molar-refractivity contribution in [1.29, 1.82) is 0 Å². The van der Waals surface area contributed by atoms with Crippen LogP contribution in [0.5, 0.6) is 0 Å². The molecule has 9 heteroatoms. The highest BCUT2D eigenvalue weighted by atomic mass is 35.5. The van der Waals surface area contributed by atoms with Crippen molar-refractivity contribution in [1.82, 2.24) is 4.31 Å². The minimum atomic E-state index is -3.88. The number of sulfonamides is 1. The number of non-ortho nitro benzene ring substituents is 1. The van der Waals surface area contributed by atoms with Gasteiger partial charge in [0, 0.05) is 31.8 Å². The van der Waals surface area contributed by atoms with Crippen molar-refractivity contribution >= 4 is 28.1 Å². The monoisotopic (exact) mass is 413 g/mol. The zero-order valence-corrected chi connectivity index (χ0v) is 16.7. The highest BCUT2D eigenvalue weighted by Gasteiger charge is 2.28. The first-order valence-corrected chi connectivity index (χ1v) is 9.85. The van der Waals surface area contributed by atoms with Crippen LogP contribution in [-0.2, 0) is 22.9 Å². The van der Waals surface area contributed by atoms with Crippen LogP contribution in [0.1, 0.15) is 18.1 Å². The van der Waals surface area contributed by atoms with E-state index in [9.17, 15) is 18.5 Å². The van der Waals surface area contributed by atoms with Crippen LogP contribution < -0.4 is 5.73 Å². The van der Waals surface area contributed by atoms with E-state index in [0.29, 0.717) is 18.4 Å². The van der Waals surface area contributed by atoms with Crippen molar-refractivity contribution in [2.45, 2.75) is 24.7 Å². The topological polar surface area (TPSA) is 107 Å². The zero-order chi connectivity index (χ0) is 19.2. The van der Waals surface area contributed by atoms with Gasteiger partial charge in [0.2, 0.25) is 10.0 Å². The number of rotatable bonds is 9. The van der Waals surface area contributed by atoms with Gasteiger partial charge >= 0.3 is 0 Å². The molecule has 2 rings (SSSR count). The number of nitrogens with two attached hydrogens (primary N) is 1. The number of benzene rings is 2. The molecule has 0 bridgehead atoms. The predicted octanol–water partition coefficient (Wildman–Crippen LogP) is 2.77. The summed E-state index contributed by atoms with van der Waals surface area (Å²) in [5, 5.41) is 11.1. The lowest BCUT2D eigenvalue weighted by molar-refractivity contribution is -0.385. The molecule has 0 spiro atoms. The molecule has 0 heterocycles. The van der Waals surface area contributed by atoms with Gasteiger partial charge in [-0.05, 0) is 24.0 Å². The number of nitro groups is 1. The number of nitro benzene ring substituents is 1. The van der Waals surface area contributed by atoms with Crippen molar-refractivity contribution in [3.05, 3.63) is 69.8 Å². The third-order valence-electron chi connectivity index (χ3n) is 4.13. The van der Waals surface area contributed by atoms with Crippen molar-refractivity contribution in [3.63, 3.8) is 0 Å². The molecule has 0 fully saturated rings. The summed E-state index contributed by atoms with van der Waals surface area (Å²) < 4.78 is 27.6. The molecule has 27 heavy (non-hydrogen) atoms. The molecule has 0 amide bonds. The molecule has 0 aliphatic heterocycles. The Hall–Kier alpha value is -2.00. The summed E-state index contributed by atoms with van der Waals surface area (Å²) in [6, 6.07) is 13.5. The highest BCUT2D eigenvalue weighted by Crippen LogP contribution is 2.26. The highest BCUT2D eigenvalue weighted by molar-refractivity contribution is 7.89. The van der Waals surface area contributed by atoms with E-state index in [2.05, 4.69) is 0 Å². The van der Waals surface area contributed by atoms with Crippen molar-refractivity contribution in [2.24, 2.45) is 5.73 Å². The smallest absolute Gasteiger partial charge is 0.270 e. The maximum Gasteiger partial charge on any atom is 0.270 e. The Morgan fingerprint density at radius 2 is 1.78 bits per heavy atom. The fourth-order valence-corrected chi connectivity index (χ4v) is 4.49. The van der Waals surface area contributed by atoms with Crippen LogP contribution in [0, 0.1) is 10.1 Å².